The van der Waals surface area contributed by atoms with Crippen molar-refractivity contribution in [3.63, 3.8) is 0 Å². The summed E-state index contributed by atoms with van der Waals surface area (Å²) in [5.41, 5.74) is 0.762. The summed E-state index contributed by atoms with van der Waals surface area (Å²) < 4.78 is 20.5. The minimum atomic E-state index is -1.29. The molecule has 1 aliphatic heterocycles. The third-order valence-corrected chi connectivity index (χ3v) is 5.39. The zero-order valence-corrected chi connectivity index (χ0v) is 14.4. The van der Waals surface area contributed by atoms with Gasteiger partial charge in [-0.05, 0) is 44.0 Å². The van der Waals surface area contributed by atoms with Crippen molar-refractivity contribution in [2.75, 3.05) is 13.2 Å². The average molecular weight is 346 g/mol. The topological polar surface area (TPSA) is 75.6 Å². The van der Waals surface area contributed by atoms with Gasteiger partial charge in [0.1, 0.15) is 5.54 Å². The van der Waals surface area contributed by atoms with Crippen molar-refractivity contribution in [3.8, 4) is 0 Å². The summed E-state index contributed by atoms with van der Waals surface area (Å²) in [6.07, 6.45) is -0.137. The summed E-state index contributed by atoms with van der Waals surface area (Å²) in [5, 5.41) is 9.57. The van der Waals surface area contributed by atoms with Gasteiger partial charge in [-0.15, -0.1) is 0 Å². The van der Waals surface area contributed by atoms with Crippen molar-refractivity contribution in [1.82, 2.24) is 4.72 Å². The van der Waals surface area contributed by atoms with Crippen molar-refractivity contribution in [3.05, 3.63) is 34.3 Å². The minimum absolute atomic E-state index is 0.137. The number of carbonyl (C=O) groups is 1. The molecule has 0 spiro atoms. The molecule has 1 saturated heterocycles. The highest BCUT2D eigenvalue weighted by molar-refractivity contribution is 7.84. The first-order valence-electron chi connectivity index (χ1n) is 6.92. The van der Waals surface area contributed by atoms with Crippen molar-refractivity contribution >= 4 is 28.6 Å². The third kappa shape index (κ3) is 3.68. The van der Waals surface area contributed by atoms with Gasteiger partial charge in [-0.25, -0.2) is 8.93 Å². The molecule has 1 aliphatic rings. The van der Waals surface area contributed by atoms with Crippen molar-refractivity contribution < 1.29 is 18.8 Å². The van der Waals surface area contributed by atoms with Crippen LogP contribution in [-0.4, -0.2) is 33.2 Å². The van der Waals surface area contributed by atoms with Gasteiger partial charge in [-0.2, -0.15) is 0 Å². The number of carboxylic acids is 1. The highest BCUT2D eigenvalue weighted by atomic mass is 35.5. The molecule has 0 bridgehead atoms. The number of aliphatic carboxylic acids is 1. The van der Waals surface area contributed by atoms with Crippen LogP contribution >= 0.6 is 11.6 Å². The fourth-order valence-corrected chi connectivity index (χ4v) is 3.33. The monoisotopic (exact) mass is 345 g/mol. The molecule has 0 amide bonds. The number of rotatable bonds is 5. The van der Waals surface area contributed by atoms with E-state index in [2.05, 4.69) is 4.72 Å². The lowest BCUT2D eigenvalue weighted by Crippen LogP contribution is -2.60. The Morgan fingerprint density at radius 3 is 2.55 bits per heavy atom. The summed E-state index contributed by atoms with van der Waals surface area (Å²) in [4.78, 5) is 11.1. The first-order chi connectivity index (χ1) is 10.1. The maximum Gasteiger partial charge on any atom is 0.307 e. The quantitative estimate of drug-likeness (QED) is 0.858. The second-order valence-electron chi connectivity index (χ2n) is 6.43. The number of halogens is 1. The molecule has 1 aromatic rings. The van der Waals surface area contributed by atoms with E-state index in [4.69, 9.17) is 21.4 Å². The van der Waals surface area contributed by atoms with Crippen LogP contribution in [-0.2, 0) is 32.5 Å². The van der Waals surface area contributed by atoms with Crippen LogP contribution < -0.4 is 4.72 Å². The zero-order chi connectivity index (χ0) is 16.5. The van der Waals surface area contributed by atoms with E-state index < -0.39 is 27.2 Å². The number of benzene rings is 1. The Kier molecular flexibility index (Phi) is 4.96. The normalized spacial score (nSPS) is 18.5. The molecule has 0 radical (unpaired) electrons. The molecular weight excluding hydrogens is 326 g/mol. The van der Waals surface area contributed by atoms with Gasteiger partial charge in [-0.3, -0.25) is 4.79 Å². The van der Waals surface area contributed by atoms with E-state index in [1.165, 1.54) is 0 Å². The maximum atomic E-state index is 12.4. The van der Waals surface area contributed by atoms with Gasteiger partial charge in [0, 0.05) is 5.02 Å². The first-order valence-corrected chi connectivity index (χ1v) is 8.45. The van der Waals surface area contributed by atoms with Crippen molar-refractivity contribution in [2.24, 2.45) is 0 Å². The Morgan fingerprint density at radius 2 is 2.09 bits per heavy atom. The van der Waals surface area contributed by atoms with Gasteiger partial charge in [0.05, 0.1) is 35.4 Å². The largest absolute Gasteiger partial charge is 0.481 e. The van der Waals surface area contributed by atoms with Crippen molar-refractivity contribution in [1.29, 1.82) is 0 Å². The zero-order valence-electron chi connectivity index (χ0n) is 12.8. The predicted octanol–water partition coefficient (Wildman–Crippen LogP) is 2.24. The second-order valence-corrected chi connectivity index (χ2v) is 8.83. The molecule has 0 aromatic heterocycles. The molecule has 22 heavy (non-hydrogen) atoms. The van der Waals surface area contributed by atoms with E-state index in [-0.39, 0.29) is 6.42 Å². The molecular formula is C15H20ClNO4S. The summed E-state index contributed by atoms with van der Waals surface area (Å²) in [7, 11) is -1.29. The Balaban J connectivity index is 2.39. The van der Waals surface area contributed by atoms with Crippen LogP contribution in [0.15, 0.2) is 18.2 Å². The van der Waals surface area contributed by atoms with Gasteiger partial charge in [0.15, 0.2) is 0 Å². The summed E-state index contributed by atoms with van der Waals surface area (Å²) in [5.74, 6) is -0.934. The van der Waals surface area contributed by atoms with Gasteiger partial charge in [-0.1, -0.05) is 17.7 Å². The first kappa shape index (κ1) is 17.4. The number of hydrogen-bond donors (Lipinski definition) is 2. The van der Waals surface area contributed by atoms with Gasteiger partial charge in [0.2, 0.25) is 0 Å². The summed E-state index contributed by atoms with van der Waals surface area (Å²) >= 11 is 5.99. The van der Waals surface area contributed by atoms with E-state index in [1.807, 2.05) is 20.8 Å². The molecule has 1 fully saturated rings. The average Bonchev–Trinajstić information content (AvgIpc) is 2.32. The summed E-state index contributed by atoms with van der Waals surface area (Å²) in [6.45, 7) is 6.34. The number of ether oxygens (including phenoxy) is 1. The molecule has 7 heteroatoms. The Bertz CT molecular complexity index is 608. The molecule has 1 atom stereocenters. The van der Waals surface area contributed by atoms with Crippen LogP contribution in [0, 0.1) is 0 Å². The molecule has 0 aliphatic carbocycles. The molecule has 1 heterocycles. The smallest absolute Gasteiger partial charge is 0.307 e. The Hall–Kier alpha value is -0.950. The molecule has 1 aromatic carbocycles. The van der Waals surface area contributed by atoms with Crippen LogP contribution in [0.2, 0.25) is 5.02 Å². The van der Waals surface area contributed by atoms with E-state index >= 15 is 0 Å². The Labute approximate surface area is 137 Å². The molecule has 2 N–H and O–H groups in total. The standard InChI is InChI=1S/C15H20ClNO4S/c1-14(2,3)22(20)17-15(8-21-9-15)12-5-4-11(16)6-10(12)7-13(18)19/h4-6,17H,7-9H2,1-3H3,(H,18,19). The lowest BCUT2D eigenvalue weighted by molar-refractivity contribution is -0.136. The second kappa shape index (κ2) is 6.28. The highest BCUT2D eigenvalue weighted by Crippen LogP contribution is 2.35. The number of carboxylic acid groups (broad SMARTS) is 1. The highest BCUT2D eigenvalue weighted by Gasteiger charge is 2.44. The molecule has 1 unspecified atom stereocenters. The molecule has 2 rings (SSSR count). The fourth-order valence-electron chi connectivity index (χ4n) is 2.24. The van der Waals surface area contributed by atoms with E-state index in [0.29, 0.717) is 23.8 Å². The predicted molar refractivity (Wildman–Crippen MR) is 86.3 cm³/mol. The van der Waals surface area contributed by atoms with E-state index in [1.54, 1.807) is 18.2 Å². The van der Waals surface area contributed by atoms with Gasteiger partial charge < -0.3 is 9.84 Å². The van der Waals surface area contributed by atoms with Crippen LogP contribution in [0.1, 0.15) is 31.9 Å². The maximum absolute atomic E-state index is 12.4. The van der Waals surface area contributed by atoms with Gasteiger partial charge in [0.25, 0.3) is 0 Å². The lowest BCUT2D eigenvalue weighted by atomic mass is 9.85. The van der Waals surface area contributed by atoms with Gasteiger partial charge >= 0.3 is 5.97 Å². The van der Waals surface area contributed by atoms with Crippen LogP contribution in [0.4, 0.5) is 0 Å². The van der Waals surface area contributed by atoms with Crippen LogP contribution in [0.3, 0.4) is 0 Å². The fraction of sp³-hybridized carbons (Fsp3) is 0.533. The summed E-state index contributed by atoms with van der Waals surface area (Å²) in [6, 6.07) is 5.15. The van der Waals surface area contributed by atoms with E-state index in [0.717, 1.165) is 5.56 Å². The third-order valence-electron chi connectivity index (χ3n) is 3.47. The lowest BCUT2D eigenvalue weighted by Gasteiger charge is -2.44. The molecule has 5 nitrogen and oxygen atoms in total. The SMILES string of the molecule is CC(C)(C)S(=O)NC1(c2ccc(Cl)cc2CC(=O)O)COC1. The Morgan fingerprint density at radius 1 is 1.45 bits per heavy atom. The van der Waals surface area contributed by atoms with Crippen LogP contribution in [0.25, 0.3) is 0 Å². The van der Waals surface area contributed by atoms with Crippen LogP contribution in [0.5, 0.6) is 0 Å². The van der Waals surface area contributed by atoms with Crippen molar-refractivity contribution in [2.45, 2.75) is 37.5 Å². The molecule has 122 valence electrons. The number of hydrogen-bond acceptors (Lipinski definition) is 3. The number of nitrogens with one attached hydrogen (secondary N) is 1. The minimum Gasteiger partial charge on any atom is -0.481 e. The van der Waals surface area contributed by atoms with E-state index in [9.17, 15) is 9.00 Å². The molecule has 0 saturated carbocycles.